The summed E-state index contributed by atoms with van der Waals surface area (Å²) in [5, 5.41) is 8.87. The van der Waals surface area contributed by atoms with E-state index in [2.05, 4.69) is 154 Å². The standard InChI is InChI=1S/C48H28N6O/c1-2-11-30-26-31(21-20-29(30)10-1)46-50-47(37-15-9-19-43-45(37)36-24-25-49-28-44(36)55-43)52-48(51-46)54-41-18-8-5-14-35(41)38-27-32(22-23-42(38)54)53-39-16-6-3-12-33(39)34-13-4-7-17-40(34)53/h1-28H. The molecule has 12 aromatic rings. The van der Waals surface area contributed by atoms with Crippen molar-refractivity contribution in [2.75, 3.05) is 0 Å². The molecular weight excluding hydrogens is 677 g/mol. The van der Waals surface area contributed by atoms with E-state index in [0.29, 0.717) is 17.6 Å². The highest BCUT2D eigenvalue weighted by molar-refractivity contribution is 6.13. The van der Waals surface area contributed by atoms with Crippen molar-refractivity contribution >= 4 is 76.3 Å². The molecule has 0 amide bonds. The molecule has 0 unspecified atom stereocenters. The Morgan fingerprint density at radius 1 is 0.436 bits per heavy atom. The van der Waals surface area contributed by atoms with Crippen LogP contribution in [0.5, 0.6) is 0 Å². The van der Waals surface area contributed by atoms with Crippen LogP contribution in [0.25, 0.3) is 111 Å². The second-order valence-electron chi connectivity index (χ2n) is 13.9. The number of rotatable bonds is 4. The van der Waals surface area contributed by atoms with Gasteiger partial charge in [0.2, 0.25) is 5.95 Å². The molecule has 7 heteroatoms. The molecule has 0 aliphatic heterocycles. The van der Waals surface area contributed by atoms with Gasteiger partial charge in [0.15, 0.2) is 17.2 Å². The zero-order valence-corrected chi connectivity index (χ0v) is 29.3. The average molecular weight is 705 g/mol. The Kier molecular flexibility index (Phi) is 6.21. The minimum absolute atomic E-state index is 0.537. The van der Waals surface area contributed by atoms with E-state index in [9.17, 15) is 0 Å². The van der Waals surface area contributed by atoms with Gasteiger partial charge in [-0.2, -0.15) is 9.97 Å². The molecule has 0 aliphatic carbocycles. The lowest BCUT2D eigenvalue weighted by Gasteiger charge is -2.12. The maximum Gasteiger partial charge on any atom is 0.238 e. The Labute approximate surface area is 313 Å². The lowest BCUT2D eigenvalue weighted by Crippen LogP contribution is -2.06. The number of nitrogens with zero attached hydrogens (tertiary/aromatic N) is 6. The zero-order valence-electron chi connectivity index (χ0n) is 29.3. The summed E-state index contributed by atoms with van der Waals surface area (Å²) in [6, 6.07) is 55.2. The molecule has 0 atom stereocenters. The summed E-state index contributed by atoms with van der Waals surface area (Å²) in [6.07, 6.45) is 3.54. The number of hydrogen-bond donors (Lipinski definition) is 0. The summed E-state index contributed by atoms with van der Waals surface area (Å²) in [5.41, 5.74) is 8.70. The monoisotopic (exact) mass is 704 g/mol. The molecular formula is C48H28N6O. The van der Waals surface area contributed by atoms with Gasteiger partial charge in [-0.1, -0.05) is 103 Å². The molecule has 5 aromatic heterocycles. The molecule has 0 fully saturated rings. The number of aromatic nitrogens is 6. The van der Waals surface area contributed by atoms with Crippen LogP contribution in [0, 0.1) is 0 Å². The normalized spacial score (nSPS) is 12.0. The van der Waals surface area contributed by atoms with Gasteiger partial charge in [0.1, 0.15) is 5.58 Å². The zero-order chi connectivity index (χ0) is 36.0. The van der Waals surface area contributed by atoms with E-state index in [-0.39, 0.29) is 0 Å². The van der Waals surface area contributed by atoms with E-state index in [0.717, 1.165) is 71.3 Å². The van der Waals surface area contributed by atoms with E-state index < -0.39 is 0 Å². The summed E-state index contributed by atoms with van der Waals surface area (Å²) < 4.78 is 10.8. The minimum atomic E-state index is 0.537. The van der Waals surface area contributed by atoms with E-state index >= 15 is 0 Å². The molecule has 0 radical (unpaired) electrons. The Bertz CT molecular complexity index is 3460. The van der Waals surface area contributed by atoms with E-state index in [1.807, 2.05) is 18.2 Å². The molecule has 5 heterocycles. The van der Waals surface area contributed by atoms with Crippen LogP contribution in [0.2, 0.25) is 0 Å². The molecule has 256 valence electrons. The fourth-order valence-corrected chi connectivity index (χ4v) is 8.43. The smallest absolute Gasteiger partial charge is 0.238 e. The van der Waals surface area contributed by atoms with Gasteiger partial charge in [0.25, 0.3) is 0 Å². The predicted molar refractivity (Wildman–Crippen MR) is 222 cm³/mol. The van der Waals surface area contributed by atoms with E-state index in [4.69, 9.17) is 19.4 Å². The van der Waals surface area contributed by atoms with Crippen molar-refractivity contribution in [1.29, 1.82) is 0 Å². The Hall–Kier alpha value is -7.64. The summed E-state index contributed by atoms with van der Waals surface area (Å²) in [5.74, 6) is 1.69. The maximum absolute atomic E-state index is 6.25. The van der Waals surface area contributed by atoms with Gasteiger partial charge >= 0.3 is 0 Å². The van der Waals surface area contributed by atoms with Gasteiger partial charge in [-0.3, -0.25) is 9.55 Å². The molecule has 0 N–H and O–H groups in total. The van der Waals surface area contributed by atoms with Crippen molar-refractivity contribution in [3.8, 4) is 34.4 Å². The minimum Gasteiger partial charge on any atom is -0.454 e. The van der Waals surface area contributed by atoms with Gasteiger partial charge < -0.3 is 8.98 Å². The summed E-state index contributed by atoms with van der Waals surface area (Å²) in [4.78, 5) is 20.1. The first-order valence-electron chi connectivity index (χ1n) is 18.3. The molecule has 0 bridgehead atoms. The first kappa shape index (κ1) is 29.9. The molecule has 0 saturated heterocycles. The SMILES string of the molecule is c1ccc2cc(-c3nc(-c4cccc5oc6cnccc6c45)nc(-n4c5ccccc5c5cc(-n6c7ccccc7c7ccccc76)ccc54)n3)ccc2c1. The van der Waals surface area contributed by atoms with E-state index in [1.165, 1.54) is 21.8 Å². The third-order valence-electron chi connectivity index (χ3n) is 10.9. The lowest BCUT2D eigenvalue weighted by atomic mass is 10.1. The van der Waals surface area contributed by atoms with Crippen LogP contribution in [0.3, 0.4) is 0 Å². The van der Waals surface area contributed by atoms with Crippen molar-refractivity contribution in [2.24, 2.45) is 0 Å². The number of furan rings is 1. The second kappa shape index (κ2) is 11.4. The van der Waals surface area contributed by atoms with Crippen molar-refractivity contribution in [3.63, 3.8) is 0 Å². The topological polar surface area (TPSA) is 74.6 Å². The quantitative estimate of drug-likeness (QED) is 0.182. The summed E-state index contributed by atoms with van der Waals surface area (Å²) in [7, 11) is 0. The van der Waals surface area contributed by atoms with Gasteiger partial charge in [0.05, 0.1) is 28.3 Å². The summed E-state index contributed by atoms with van der Waals surface area (Å²) in [6.45, 7) is 0. The molecule has 0 saturated carbocycles. The van der Waals surface area contributed by atoms with Gasteiger partial charge in [-0.05, 0) is 65.4 Å². The molecule has 55 heavy (non-hydrogen) atoms. The molecule has 0 spiro atoms. The number of benzene rings is 7. The van der Waals surface area contributed by atoms with Crippen LogP contribution in [-0.4, -0.2) is 29.1 Å². The predicted octanol–water partition coefficient (Wildman–Crippen LogP) is 11.8. The Balaban J connectivity index is 1.14. The highest BCUT2D eigenvalue weighted by Gasteiger charge is 2.21. The highest BCUT2D eigenvalue weighted by atomic mass is 16.3. The summed E-state index contributed by atoms with van der Waals surface area (Å²) >= 11 is 0. The first-order chi connectivity index (χ1) is 27.3. The van der Waals surface area contributed by atoms with Crippen molar-refractivity contribution < 1.29 is 4.42 Å². The first-order valence-corrected chi connectivity index (χ1v) is 18.3. The Morgan fingerprint density at radius 3 is 1.91 bits per heavy atom. The fourth-order valence-electron chi connectivity index (χ4n) is 8.43. The second-order valence-corrected chi connectivity index (χ2v) is 13.9. The van der Waals surface area contributed by atoms with Crippen LogP contribution in [0.4, 0.5) is 0 Å². The van der Waals surface area contributed by atoms with Crippen LogP contribution < -0.4 is 0 Å². The number of hydrogen-bond acceptors (Lipinski definition) is 5. The van der Waals surface area contributed by atoms with Crippen LogP contribution in [-0.2, 0) is 0 Å². The number of fused-ring (bicyclic) bond motifs is 10. The molecule has 7 aromatic carbocycles. The fraction of sp³-hybridized carbons (Fsp3) is 0. The molecule has 0 aliphatic rings. The third-order valence-corrected chi connectivity index (χ3v) is 10.9. The lowest BCUT2D eigenvalue weighted by molar-refractivity contribution is 0.667. The van der Waals surface area contributed by atoms with Gasteiger partial charge in [-0.15, -0.1) is 0 Å². The van der Waals surface area contributed by atoms with Gasteiger partial charge in [0, 0.05) is 55.3 Å². The van der Waals surface area contributed by atoms with E-state index in [1.54, 1.807) is 12.4 Å². The molecule has 7 nitrogen and oxygen atoms in total. The van der Waals surface area contributed by atoms with Crippen molar-refractivity contribution in [1.82, 2.24) is 29.1 Å². The number of pyridine rings is 1. The number of para-hydroxylation sites is 3. The van der Waals surface area contributed by atoms with Crippen LogP contribution >= 0.6 is 0 Å². The van der Waals surface area contributed by atoms with Gasteiger partial charge in [-0.25, -0.2) is 4.98 Å². The maximum atomic E-state index is 6.25. The third kappa shape index (κ3) is 4.44. The van der Waals surface area contributed by atoms with Crippen LogP contribution in [0.1, 0.15) is 0 Å². The largest absolute Gasteiger partial charge is 0.454 e. The van der Waals surface area contributed by atoms with Crippen LogP contribution in [0.15, 0.2) is 175 Å². The highest BCUT2D eigenvalue weighted by Crippen LogP contribution is 2.39. The average Bonchev–Trinajstić information content (AvgIpc) is 3.91. The van der Waals surface area contributed by atoms with Crippen molar-refractivity contribution in [2.45, 2.75) is 0 Å². The molecule has 12 rings (SSSR count). The Morgan fingerprint density at radius 2 is 1.11 bits per heavy atom. The van der Waals surface area contributed by atoms with Crippen molar-refractivity contribution in [3.05, 3.63) is 170 Å².